The van der Waals surface area contributed by atoms with Crippen LogP contribution in [0.3, 0.4) is 0 Å². The predicted molar refractivity (Wildman–Crippen MR) is 73.5 cm³/mol. The van der Waals surface area contributed by atoms with Crippen molar-refractivity contribution < 1.29 is 9.50 Å². The van der Waals surface area contributed by atoms with Crippen molar-refractivity contribution in [3.8, 4) is 0 Å². The number of halogens is 2. The maximum atomic E-state index is 13.0. The van der Waals surface area contributed by atoms with Crippen molar-refractivity contribution in [2.24, 2.45) is 0 Å². The molecule has 0 aliphatic heterocycles. The first kappa shape index (κ1) is 15.4. The molecule has 102 valence electrons. The van der Waals surface area contributed by atoms with Crippen LogP contribution in [0.4, 0.5) is 4.39 Å². The SMILES string of the molecule is CCCNCCC(C)(O)Cc1ccc(F)c(Cl)c1. The van der Waals surface area contributed by atoms with Crippen LogP contribution in [0.5, 0.6) is 0 Å². The lowest BCUT2D eigenvalue weighted by Crippen LogP contribution is -2.32. The molecule has 1 rings (SSSR count). The molecule has 2 nitrogen and oxygen atoms in total. The third kappa shape index (κ3) is 5.34. The van der Waals surface area contributed by atoms with E-state index >= 15 is 0 Å². The zero-order valence-corrected chi connectivity index (χ0v) is 11.7. The van der Waals surface area contributed by atoms with Crippen LogP contribution in [-0.4, -0.2) is 23.8 Å². The van der Waals surface area contributed by atoms with Crippen molar-refractivity contribution in [1.82, 2.24) is 5.32 Å². The highest BCUT2D eigenvalue weighted by Crippen LogP contribution is 2.21. The maximum Gasteiger partial charge on any atom is 0.141 e. The maximum absolute atomic E-state index is 13.0. The largest absolute Gasteiger partial charge is 0.390 e. The minimum absolute atomic E-state index is 0.104. The number of nitrogens with one attached hydrogen (secondary N) is 1. The number of rotatable bonds is 7. The quantitative estimate of drug-likeness (QED) is 0.748. The average molecular weight is 274 g/mol. The highest BCUT2D eigenvalue weighted by molar-refractivity contribution is 6.30. The van der Waals surface area contributed by atoms with E-state index in [-0.39, 0.29) is 5.02 Å². The van der Waals surface area contributed by atoms with Crippen LogP contribution >= 0.6 is 11.6 Å². The molecule has 18 heavy (non-hydrogen) atoms. The fraction of sp³-hybridized carbons (Fsp3) is 0.571. The molecule has 0 aromatic heterocycles. The summed E-state index contributed by atoms with van der Waals surface area (Å²) in [5.74, 6) is -0.426. The number of aliphatic hydroxyl groups is 1. The normalized spacial score (nSPS) is 14.5. The smallest absolute Gasteiger partial charge is 0.141 e. The van der Waals surface area contributed by atoms with E-state index in [0.717, 1.165) is 25.1 Å². The topological polar surface area (TPSA) is 32.3 Å². The van der Waals surface area contributed by atoms with Crippen LogP contribution in [0, 0.1) is 5.82 Å². The minimum atomic E-state index is -0.804. The number of hydrogen-bond acceptors (Lipinski definition) is 2. The fourth-order valence-electron chi connectivity index (χ4n) is 1.84. The van der Waals surface area contributed by atoms with Gasteiger partial charge < -0.3 is 10.4 Å². The monoisotopic (exact) mass is 273 g/mol. The Morgan fingerprint density at radius 2 is 2.11 bits per heavy atom. The van der Waals surface area contributed by atoms with E-state index in [0.29, 0.717) is 12.8 Å². The molecular formula is C14H21ClFNO. The molecule has 0 heterocycles. The lowest BCUT2D eigenvalue weighted by atomic mass is 9.93. The number of hydrogen-bond donors (Lipinski definition) is 2. The standard InChI is InChI=1S/C14H21ClFNO/c1-3-7-17-8-6-14(2,18)10-11-4-5-13(16)12(15)9-11/h4-5,9,17-18H,3,6-8,10H2,1-2H3. The predicted octanol–water partition coefficient (Wildman–Crippen LogP) is 3.16. The van der Waals surface area contributed by atoms with E-state index in [1.165, 1.54) is 6.07 Å². The van der Waals surface area contributed by atoms with Gasteiger partial charge in [-0.2, -0.15) is 0 Å². The Morgan fingerprint density at radius 1 is 1.39 bits per heavy atom. The summed E-state index contributed by atoms with van der Waals surface area (Å²) in [5.41, 5.74) is 0.0453. The lowest BCUT2D eigenvalue weighted by molar-refractivity contribution is 0.0516. The highest BCUT2D eigenvalue weighted by atomic mass is 35.5. The molecule has 4 heteroatoms. The van der Waals surface area contributed by atoms with Gasteiger partial charge in [-0.25, -0.2) is 4.39 Å². The van der Waals surface area contributed by atoms with E-state index in [1.807, 2.05) is 0 Å². The third-order valence-corrected chi connectivity index (χ3v) is 3.13. The van der Waals surface area contributed by atoms with E-state index in [9.17, 15) is 9.50 Å². The van der Waals surface area contributed by atoms with E-state index in [4.69, 9.17) is 11.6 Å². The first-order valence-electron chi connectivity index (χ1n) is 6.31. The fourth-order valence-corrected chi connectivity index (χ4v) is 2.04. The lowest BCUT2D eigenvalue weighted by Gasteiger charge is -2.23. The zero-order valence-electron chi connectivity index (χ0n) is 11.0. The first-order valence-corrected chi connectivity index (χ1v) is 6.69. The van der Waals surface area contributed by atoms with Crippen LogP contribution in [0.2, 0.25) is 5.02 Å². The molecule has 0 radical (unpaired) electrons. The Balaban J connectivity index is 2.50. The van der Waals surface area contributed by atoms with E-state index < -0.39 is 11.4 Å². The summed E-state index contributed by atoms with van der Waals surface area (Å²) in [6, 6.07) is 4.57. The molecule has 1 unspecified atom stereocenters. The molecular weight excluding hydrogens is 253 g/mol. The van der Waals surface area contributed by atoms with Gasteiger partial charge in [-0.1, -0.05) is 24.6 Å². The van der Waals surface area contributed by atoms with Crippen LogP contribution in [0.1, 0.15) is 32.3 Å². The molecule has 0 fully saturated rings. The molecule has 0 bridgehead atoms. The van der Waals surface area contributed by atoms with Gasteiger partial charge in [0.25, 0.3) is 0 Å². The summed E-state index contributed by atoms with van der Waals surface area (Å²) >= 11 is 5.72. The van der Waals surface area contributed by atoms with Crippen LogP contribution in [0.15, 0.2) is 18.2 Å². The van der Waals surface area contributed by atoms with Gasteiger partial charge in [0, 0.05) is 6.42 Å². The van der Waals surface area contributed by atoms with Crippen molar-refractivity contribution >= 4 is 11.6 Å². The van der Waals surface area contributed by atoms with E-state index in [1.54, 1.807) is 19.1 Å². The summed E-state index contributed by atoms with van der Waals surface area (Å²) < 4.78 is 13.0. The highest BCUT2D eigenvalue weighted by Gasteiger charge is 2.20. The second-order valence-corrected chi connectivity index (χ2v) is 5.33. The summed E-state index contributed by atoms with van der Waals surface area (Å²) in [7, 11) is 0. The van der Waals surface area contributed by atoms with Gasteiger partial charge in [0.2, 0.25) is 0 Å². The molecule has 0 saturated heterocycles. The van der Waals surface area contributed by atoms with Gasteiger partial charge in [-0.05, 0) is 50.6 Å². The molecule has 0 aliphatic rings. The van der Waals surface area contributed by atoms with Gasteiger partial charge in [0.05, 0.1) is 10.6 Å². The Morgan fingerprint density at radius 3 is 2.72 bits per heavy atom. The molecule has 1 aromatic rings. The zero-order chi connectivity index (χ0) is 13.6. The Kier molecular flexibility index (Phi) is 6.06. The Bertz CT molecular complexity index is 382. The van der Waals surface area contributed by atoms with Gasteiger partial charge >= 0.3 is 0 Å². The molecule has 0 aliphatic carbocycles. The van der Waals surface area contributed by atoms with Gasteiger partial charge in [-0.15, -0.1) is 0 Å². The van der Waals surface area contributed by atoms with Crippen molar-refractivity contribution in [3.05, 3.63) is 34.6 Å². The van der Waals surface area contributed by atoms with Crippen molar-refractivity contribution in [1.29, 1.82) is 0 Å². The second kappa shape index (κ2) is 7.07. The Labute approximate surface area is 113 Å². The van der Waals surface area contributed by atoms with Crippen LogP contribution < -0.4 is 5.32 Å². The molecule has 2 N–H and O–H groups in total. The van der Waals surface area contributed by atoms with Gasteiger partial charge in [-0.3, -0.25) is 0 Å². The molecule has 0 spiro atoms. The van der Waals surface area contributed by atoms with Gasteiger partial charge in [0.1, 0.15) is 5.82 Å². The van der Waals surface area contributed by atoms with E-state index in [2.05, 4.69) is 12.2 Å². The summed E-state index contributed by atoms with van der Waals surface area (Å²) in [6.45, 7) is 5.62. The van der Waals surface area contributed by atoms with Crippen LogP contribution in [0.25, 0.3) is 0 Å². The summed E-state index contributed by atoms with van der Waals surface area (Å²) in [6.07, 6.45) is 2.21. The first-order chi connectivity index (χ1) is 8.44. The second-order valence-electron chi connectivity index (χ2n) is 4.92. The Hall–Kier alpha value is -0.640. The van der Waals surface area contributed by atoms with Crippen LogP contribution in [-0.2, 0) is 6.42 Å². The van der Waals surface area contributed by atoms with Crippen molar-refractivity contribution in [3.63, 3.8) is 0 Å². The molecule has 0 saturated carbocycles. The van der Waals surface area contributed by atoms with Crippen molar-refractivity contribution in [2.45, 2.75) is 38.7 Å². The third-order valence-electron chi connectivity index (χ3n) is 2.84. The summed E-state index contributed by atoms with van der Waals surface area (Å²) in [4.78, 5) is 0. The van der Waals surface area contributed by atoms with Crippen molar-refractivity contribution in [2.75, 3.05) is 13.1 Å². The molecule has 0 amide bonds. The minimum Gasteiger partial charge on any atom is -0.390 e. The molecule has 1 aromatic carbocycles. The molecule has 1 atom stereocenters. The number of benzene rings is 1. The summed E-state index contributed by atoms with van der Waals surface area (Å²) in [5, 5.41) is 13.6. The average Bonchev–Trinajstić information content (AvgIpc) is 2.29. The van der Waals surface area contributed by atoms with Gasteiger partial charge in [0.15, 0.2) is 0 Å².